The zero-order chi connectivity index (χ0) is 14.8. The van der Waals surface area contributed by atoms with Gasteiger partial charge in [0.05, 0.1) is 18.1 Å². The highest BCUT2D eigenvalue weighted by Crippen LogP contribution is 2.20. The molecule has 1 N–H and O–H groups in total. The third kappa shape index (κ3) is 2.88. The van der Waals surface area contributed by atoms with Crippen LogP contribution in [0.4, 0.5) is 5.82 Å². The number of nitrogens with zero attached hydrogens (tertiary/aromatic N) is 5. The third-order valence-electron chi connectivity index (χ3n) is 3.29. The molecule has 3 rings (SSSR count). The molecule has 7 heteroatoms. The molecule has 21 heavy (non-hydrogen) atoms. The van der Waals surface area contributed by atoms with E-state index < -0.39 is 0 Å². The van der Waals surface area contributed by atoms with Gasteiger partial charge in [-0.05, 0) is 18.5 Å². The van der Waals surface area contributed by atoms with Crippen molar-refractivity contribution >= 4 is 28.2 Å². The first-order chi connectivity index (χ1) is 10.2. The van der Waals surface area contributed by atoms with Crippen molar-refractivity contribution in [1.82, 2.24) is 24.6 Å². The largest absolute Gasteiger partial charge is 0.372 e. The van der Waals surface area contributed by atoms with E-state index in [9.17, 15) is 0 Å². The molecular weight excluding hydrogens is 284 g/mol. The minimum absolute atomic E-state index is 0.702. The Balaban J connectivity index is 1.84. The summed E-state index contributed by atoms with van der Waals surface area (Å²) in [5.41, 5.74) is 0.855. The lowest BCUT2D eigenvalue weighted by atomic mass is 10.3. The molecule has 0 aromatic carbocycles. The van der Waals surface area contributed by atoms with E-state index in [-0.39, 0.29) is 0 Å². The Kier molecular flexibility index (Phi) is 3.85. The second-order valence-electron chi connectivity index (χ2n) is 5.00. The fourth-order valence-electron chi connectivity index (χ4n) is 2.29. The average molecular weight is 302 g/mol. The van der Waals surface area contributed by atoms with Crippen molar-refractivity contribution in [3.8, 4) is 0 Å². The van der Waals surface area contributed by atoms with Crippen LogP contribution in [0.15, 0.2) is 23.7 Å². The van der Waals surface area contributed by atoms with Crippen LogP contribution in [0, 0.1) is 0 Å². The van der Waals surface area contributed by atoms with Crippen LogP contribution in [0.5, 0.6) is 0 Å². The fraction of sp³-hybridized carbons (Fsp3) is 0.357. The maximum atomic E-state index is 4.62. The monoisotopic (exact) mass is 302 g/mol. The number of anilines is 1. The minimum Gasteiger partial charge on any atom is -0.372 e. The van der Waals surface area contributed by atoms with Crippen molar-refractivity contribution in [2.45, 2.75) is 13.1 Å². The van der Waals surface area contributed by atoms with Crippen LogP contribution >= 0.6 is 11.3 Å². The first-order valence-corrected chi connectivity index (χ1v) is 7.62. The summed E-state index contributed by atoms with van der Waals surface area (Å²) in [4.78, 5) is 12.8. The second-order valence-corrected chi connectivity index (χ2v) is 6.03. The number of hydrogen-bond acceptors (Lipinski definition) is 6. The van der Waals surface area contributed by atoms with Crippen molar-refractivity contribution in [3.05, 3.63) is 34.4 Å². The van der Waals surface area contributed by atoms with Crippen molar-refractivity contribution in [3.63, 3.8) is 0 Å². The summed E-state index contributed by atoms with van der Waals surface area (Å²) < 4.78 is 1.78. The van der Waals surface area contributed by atoms with Gasteiger partial charge in [-0.1, -0.05) is 6.07 Å². The molecule has 0 saturated heterocycles. The molecule has 0 spiro atoms. The first kappa shape index (κ1) is 14.0. The van der Waals surface area contributed by atoms with Gasteiger partial charge in [0.15, 0.2) is 5.65 Å². The lowest BCUT2D eigenvalue weighted by Gasteiger charge is -2.15. The maximum absolute atomic E-state index is 4.62. The molecule has 0 aliphatic rings. The number of rotatable bonds is 5. The average Bonchev–Trinajstić information content (AvgIpc) is 3.09. The summed E-state index contributed by atoms with van der Waals surface area (Å²) in [6, 6.07) is 4.22. The van der Waals surface area contributed by atoms with Gasteiger partial charge < -0.3 is 5.32 Å². The Morgan fingerprint density at radius 1 is 1.33 bits per heavy atom. The number of thiophene rings is 1. The highest BCUT2D eigenvalue weighted by molar-refractivity contribution is 7.09. The molecule has 0 aliphatic carbocycles. The lowest BCUT2D eigenvalue weighted by molar-refractivity contribution is 0.314. The van der Waals surface area contributed by atoms with Gasteiger partial charge in [-0.3, -0.25) is 9.58 Å². The van der Waals surface area contributed by atoms with Gasteiger partial charge in [-0.2, -0.15) is 5.10 Å². The van der Waals surface area contributed by atoms with Crippen LogP contribution in [-0.2, 0) is 20.1 Å². The molecule has 0 atom stereocenters. The molecule has 0 amide bonds. The number of fused-ring (bicyclic) bond motifs is 1. The Labute approximate surface area is 127 Å². The van der Waals surface area contributed by atoms with E-state index in [4.69, 9.17) is 0 Å². The van der Waals surface area contributed by atoms with Gasteiger partial charge in [0.1, 0.15) is 11.6 Å². The molecule has 0 saturated carbocycles. The molecule has 0 radical (unpaired) electrons. The van der Waals surface area contributed by atoms with Crippen LogP contribution < -0.4 is 5.32 Å². The minimum atomic E-state index is 0.702. The predicted octanol–water partition coefficient (Wildman–Crippen LogP) is 2.10. The number of nitrogens with one attached hydrogen (secondary N) is 1. The summed E-state index contributed by atoms with van der Waals surface area (Å²) in [5, 5.41) is 10.4. The van der Waals surface area contributed by atoms with E-state index in [0.717, 1.165) is 29.2 Å². The van der Waals surface area contributed by atoms with E-state index in [2.05, 4.69) is 49.8 Å². The summed E-state index contributed by atoms with van der Waals surface area (Å²) in [5.74, 6) is 1.63. The zero-order valence-electron chi connectivity index (χ0n) is 12.4. The van der Waals surface area contributed by atoms with E-state index >= 15 is 0 Å². The Hall–Kier alpha value is -1.99. The van der Waals surface area contributed by atoms with Gasteiger partial charge in [0.2, 0.25) is 0 Å². The van der Waals surface area contributed by atoms with Crippen LogP contribution in [0.1, 0.15) is 10.7 Å². The molecule has 0 fully saturated rings. The van der Waals surface area contributed by atoms with Crippen molar-refractivity contribution < 1.29 is 0 Å². The van der Waals surface area contributed by atoms with E-state index in [1.165, 1.54) is 4.88 Å². The van der Waals surface area contributed by atoms with Gasteiger partial charge in [0.25, 0.3) is 0 Å². The quantitative estimate of drug-likeness (QED) is 0.782. The standard InChI is InChI=1S/C14H18N6S/c1-15-13-11-7-16-20(3)14(11)18-12(17-13)9-19(2)8-10-5-4-6-21-10/h4-7H,8-9H2,1-3H3,(H,15,17,18). The van der Waals surface area contributed by atoms with E-state index in [0.29, 0.717) is 6.54 Å². The van der Waals surface area contributed by atoms with E-state index in [1.807, 2.05) is 14.1 Å². The Morgan fingerprint density at radius 2 is 2.19 bits per heavy atom. The zero-order valence-corrected chi connectivity index (χ0v) is 13.2. The molecule has 110 valence electrons. The maximum Gasteiger partial charge on any atom is 0.163 e. The topological polar surface area (TPSA) is 58.9 Å². The summed E-state index contributed by atoms with van der Waals surface area (Å²) in [6.07, 6.45) is 1.79. The fourth-order valence-corrected chi connectivity index (χ4v) is 3.08. The Bertz CT molecular complexity index is 733. The number of aromatic nitrogens is 4. The normalized spacial score (nSPS) is 11.4. The molecule has 3 aromatic heterocycles. The molecular formula is C14H18N6S. The van der Waals surface area contributed by atoms with Crippen LogP contribution in [0.3, 0.4) is 0 Å². The van der Waals surface area contributed by atoms with Gasteiger partial charge in [-0.25, -0.2) is 9.97 Å². The van der Waals surface area contributed by atoms with Crippen molar-refractivity contribution in [2.75, 3.05) is 19.4 Å². The SMILES string of the molecule is CNc1nc(CN(C)Cc2cccs2)nc2c1cnn2C. The number of hydrogen-bond donors (Lipinski definition) is 1. The smallest absolute Gasteiger partial charge is 0.163 e. The van der Waals surface area contributed by atoms with Gasteiger partial charge in [-0.15, -0.1) is 11.3 Å². The van der Waals surface area contributed by atoms with Gasteiger partial charge >= 0.3 is 0 Å². The molecule has 0 unspecified atom stereocenters. The highest BCUT2D eigenvalue weighted by Gasteiger charge is 2.12. The Morgan fingerprint density at radius 3 is 2.90 bits per heavy atom. The van der Waals surface area contributed by atoms with Crippen LogP contribution in [0.2, 0.25) is 0 Å². The molecule has 3 aromatic rings. The van der Waals surface area contributed by atoms with Crippen LogP contribution in [0.25, 0.3) is 11.0 Å². The first-order valence-electron chi connectivity index (χ1n) is 6.74. The summed E-state index contributed by atoms with van der Waals surface area (Å²) in [7, 11) is 5.84. The molecule has 0 aliphatic heterocycles. The molecule has 6 nitrogen and oxygen atoms in total. The molecule has 3 heterocycles. The highest BCUT2D eigenvalue weighted by atomic mass is 32.1. The number of aryl methyl sites for hydroxylation is 1. The van der Waals surface area contributed by atoms with Gasteiger partial charge in [0, 0.05) is 25.5 Å². The third-order valence-corrected chi connectivity index (χ3v) is 4.15. The van der Waals surface area contributed by atoms with E-state index in [1.54, 1.807) is 22.2 Å². The second kappa shape index (κ2) is 5.79. The molecule has 0 bridgehead atoms. The lowest BCUT2D eigenvalue weighted by Crippen LogP contribution is -2.19. The summed E-state index contributed by atoms with van der Waals surface area (Å²) in [6.45, 7) is 1.60. The summed E-state index contributed by atoms with van der Waals surface area (Å²) >= 11 is 1.77. The van der Waals surface area contributed by atoms with Crippen molar-refractivity contribution in [1.29, 1.82) is 0 Å². The predicted molar refractivity (Wildman–Crippen MR) is 85.3 cm³/mol. The van der Waals surface area contributed by atoms with Crippen molar-refractivity contribution in [2.24, 2.45) is 7.05 Å². The van der Waals surface area contributed by atoms with Crippen LogP contribution in [-0.4, -0.2) is 38.7 Å².